The highest BCUT2D eigenvalue weighted by atomic mass is 19.1. The van der Waals surface area contributed by atoms with Gasteiger partial charge in [0.1, 0.15) is 25.0 Å². The predicted molar refractivity (Wildman–Crippen MR) is 110 cm³/mol. The largest absolute Gasteiger partial charge is 0.374 e. The Morgan fingerprint density at radius 3 is 2.41 bits per heavy atom. The summed E-state index contributed by atoms with van der Waals surface area (Å²) >= 11 is 0. The summed E-state index contributed by atoms with van der Waals surface area (Å²) in [5.74, 6) is -1.12. The molecule has 0 radical (unpaired) electrons. The third kappa shape index (κ3) is 6.43. The second-order valence-electron chi connectivity index (χ2n) is 7.43. The molecule has 5 heteroatoms. The van der Waals surface area contributed by atoms with E-state index in [0.717, 1.165) is 25.3 Å². The van der Waals surface area contributed by atoms with Crippen LogP contribution in [0.3, 0.4) is 0 Å². The fourth-order valence-electron chi connectivity index (χ4n) is 3.77. The Morgan fingerprint density at radius 2 is 1.90 bits per heavy atom. The molecule has 2 aliphatic rings. The number of allylic oxidation sites excluding steroid dienone is 10. The molecule has 1 nitrogen and oxygen atoms in total. The molecule has 29 heavy (non-hydrogen) atoms. The molecule has 0 bridgehead atoms. The quantitative estimate of drug-likeness (QED) is 0.212. The highest BCUT2D eigenvalue weighted by Gasteiger charge is 2.25. The van der Waals surface area contributed by atoms with Gasteiger partial charge in [-0.15, -0.1) is 6.58 Å². The van der Waals surface area contributed by atoms with Crippen LogP contribution in [-0.4, -0.2) is 26.1 Å². The van der Waals surface area contributed by atoms with Gasteiger partial charge >= 0.3 is 0 Å². The minimum Gasteiger partial charge on any atom is -0.374 e. The summed E-state index contributed by atoms with van der Waals surface area (Å²) in [5, 5.41) is 0. The maximum atomic E-state index is 14.1. The van der Waals surface area contributed by atoms with Crippen LogP contribution in [0.1, 0.15) is 32.1 Å². The standard InChI is InChI=1S/C24H28F4O/c1-4-22-10-8-18(15-29-22)6-7-19(13-25)11-21-12-20(9-5-16(2)27)23(14-26)24(21)17(3)28/h4-5,9,11,18,22H,1-3,6-8,10,12-15H2/b9-5-,19-11-. The van der Waals surface area contributed by atoms with E-state index in [0.29, 0.717) is 35.7 Å². The van der Waals surface area contributed by atoms with Crippen molar-refractivity contribution in [2.75, 3.05) is 20.0 Å². The SMILES string of the molecule is C=CC1CCC(CC/C(=C/C2=C(C(=C)F)C(CF)=C(/C=C\C(=C)F)C2)CF)CO1. The fourth-order valence-corrected chi connectivity index (χ4v) is 3.77. The molecule has 0 N–H and O–H groups in total. The number of hydrogen-bond donors (Lipinski definition) is 0. The number of ether oxygens (including phenoxy) is 1. The van der Waals surface area contributed by atoms with E-state index in [1.165, 1.54) is 6.08 Å². The smallest absolute Gasteiger partial charge is 0.123 e. The Balaban J connectivity index is 2.14. The first-order valence-corrected chi connectivity index (χ1v) is 9.77. The van der Waals surface area contributed by atoms with Crippen LogP contribution in [0.25, 0.3) is 0 Å². The van der Waals surface area contributed by atoms with E-state index in [4.69, 9.17) is 4.74 Å². The van der Waals surface area contributed by atoms with E-state index in [2.05, 4.69) is 19.7 Å². The van der Waals surface area contributed by atoms with Gasteiger partial charge in [-0.25, -0.2) is 17.6 Å². The molecule has 1 saturated heterocycles. The monoisotopic (exact) mass is 408 g/mol. The predicted octanol–water partition coefficient (Wildman–Crippen LogP) is 7.13. The van der Waals surface area contributed by atoms with Crippen LogP contribution in [0.2, 0.25) is 0 Å². The summed E-state index contributed by atoms with van der Waals surface area (Å²) in [7, 11) is 0. The Hall–Kier alpha value is -2.14. The van der Waals surface area contributed by atoms with Crippen molar-refractivity contribution in [3.8, 4) is 0 Å². The van der Waals surface area contributed by atoms with Gasteiger partial charge in [-0.1, -0.05) is 31.4 Å². The van der Waals surface area contributed by atoms with Crippen molar-refractivity contribution in [1.82, 2.24) is 0 Å². The van der Waals surface area contributed by atoms with Gasteiger partial charge in [0, 0.05) is 5.57 Å². The van der Waals surface area contributed by atoms with E-state index in [1.807, 2.05) is 0 Å². The first kappa shape index (κ1) is 23.1. The molecular formula is C24H28F4O. The number of hydrogen-bond acceptors (Lipinski definition) is 1. The summed E-state index contributed by atoms with van der Waals surface area (Å²) in [6, 6.07) is 0. The molecule has 0 saturated carbocycles. The lowest BCUT2D eigenvalue weighted by atomic mass is 9.91. The summed E-state index contributed by atoms with van der Waals surface area (Å²) in [6.45, 7) is 9.18. The van der Waals surface area contributed by atoms with E-state index in [9.17, 15) is 17.6 Å². The molecule has 0 aromatic rings. The fraction of sp³-hybridized carbons (Fsp3) is 0.417. The third-order valence-electron chi connectivity index (χ3n) is 5.35. The molecule has 0 amide bonds. The molecule has 0 aromatic heterocycles. The third-order valence-corrected chi connectivity index (χ3v) is 5.35. The van der Waals surface area contributed by atoms with Gasteiger partial charge in [0.25, 0.3) is 0 Å². The lowest BCUT2D eigenvalue weighted by molar-refractivity contribution is 0.00878. The van der Waals surface area contributed by atoms with E-state index >= 15 is 0 Å². The van der Waals surface area contributed by atoms with E-state index < -0.39 is 25.0 Å². The average molecular weight is 408 g/mol. The van der Waals surface area contributed by atoms with Crippen molar-refractivity contribution in [2.24, 2.45) is 5.92 Å². The number of rotatable bonds is 10. The van der Waals surface area contributed by atoms with Crippen LogP contribution < -0.4 is 0 Å². The van der Waals surface area contributed by atoms with Crippen LogP contribution in [0, 0.1) is 5.92 Å². The zero-order chi connectivity index (χ0) is 21.4. The number of alkyl halides is 2. The molecule has 1 aliphatic carbocycles. The van der Waals surface area contributed by atoms with Gasteiger partial charge in [-0.05, 0) is 66.4 Å². The molecule has 2 rings (SSSR count). The topological polar surface area (TPSA) is 9.23 Å². The molecule has 1 heterocycles. The second-order valence-corrected chi connectivity index (χ2v) is 7.43. The molecule has 2 atom stereocenters. The van der Waals surface area contributed by atoms with Crippen molar-refractivity contribution in [1.29, 1.82) is 0 Å². The van der Waals surface area contributed by atoms with Crippen molar-refractivity contribution < 1.29 is 22.3 Å². The second kappa shape index (κ2) is 11.1. The van der Waals surface area contributed by atoms with Crippen LogP contribution in [0.4, 0.5) is 17.6 Å². The Kier molecular flexibility index (Phi) is 8.90. The molecule has 158 valence electrons. The normalized spacial score (nSPS) is 23.2. The van der Waals surface area contributed by atoms with Crippen molar-refractivity contribution in [2.45, 2.75) is 38.2 Å². The minimum atomic E-state index is -0.914. The molecule has 2 unspecified atom stereocenters. The van der Waals surface area contributed by atoms with Crippen LogP contribution >= 0.6 is 0 Å². The van der Waals surface area contributed by atoms with Gasteiger partial charge in [-0.3, -0.25) is 0 Å². The zero-order valence-electron chi connectivity index (χ0n) is 16.7. The molecule has 1 aliphatic heterocycles. The number of halogens is 4. The maximum absolute atomic E-state index is 14.1. The Morgan fingerprint density at radius 1 is 1.14 bits per heavy atom. The Labute approximate surface area is 170 Å². The van der Waals surface area contributed by atoms with Crippen molar-refractivity contribution in [3.05, 3.63) is 83.6 Å². The lowest BCUT2D eigenvalue weighted by Gasteiger charge is -2.27. The first-order valence-electron chi connectivity index (χ1n) is 9.77. The van der Waals surface area contributed by atoms with Gasteiger partial charge in [-0.2, -0.15) is 0 Å². The zero-order valence-corrected chi connectivity index (χ0v) is 16.7. The van der Waals surface area contributed by atoms with Gasteiger partial charge < -0.3 is 4.74 Å². The molecular weight excluding hydrogens is 380 g/mol. The highest BCUT2D eigenvalue weighted by molar-refractivity contribution is 5.61. The van der Waals surface area contributed by atoms with E-state index in [1.54, 1.807) is 12.2 Å². The van der Waals surface area contributed by atoms with Crippen molar-refractivity contribution in [3.63, 3.8) is 0 Å². The summed E-state index contributed by atoms with van der Waals surface area (Å²) in [6.07, 6.45) is 9.31. The lowest BCUT2D eigenvalue weighted by Crippen LogP contribution is -2.24. The molecule has 0 spiro atoms. The Bertz CT molecular complexity index is 762. The minimum absolute atomic E-state index is 0.0531. The van der Waals surface area contributed by atoms with Crippen LogP contribution in [0.5, 0.6) is 0 Å². The summed E-state index contributed by atoms with van der Waals surface area (Å²) < 4.78 is 59.9. The van der Waals surface area contributed by atoms with E-state index in [-0.39, 0.29) is 23.7 Å². The summed E-state index contributed by atoms with van der Waals surface area (Å²) in [4.78, 5) is 0. The van der Waals surface area contributed by atoms with Gasteiger partial charge in [0.05, 0.1) is 12.7 Å². The molecule has 0 aromatic carbocycles. The summed E-state index contributed by atoms with van der Waals surface area (Å²) in [5.41, 5.74) is 1.60. The average Bonchev–Trinajstić information content (AvgIpc) is 3.07. The highest BCUT2D eigenvalue weighted by Crippen LogP contribution is 2.39. The van der Waals surface area contributed by atoms with Crippen LogP contribution in [0.15, 0.2) is 83.6 Å². The van der Waals surface area contributed by atoms with Gasteiger partial charge in [0.15, 0.2) is 0 Å². The van der Waals surface area contributed by atoms with Gasteiger partial charge in [0.2, 0.25) is 0 Å². The first-order chi connectivity index (χ1) is 13.9. The van der Waals surface area contributed by atoms with Crippen LogP contribution in [-0.2, 0) is 4.74 Å². The van der Waals surface area contributed by atoms with Crippen molar-refractivity contribution >= 4 is 0 Å². The molecule has 1 fully saturated rings. The maximum Gasteiger partial charge on any atom is 0.123 e.